The van der Waals surface area contributed by atoms with Crippen LogP contribution in [0.5, 0.6) is 0 Å². The number of benzene rings is 1. The van der Waals surface area contributed by atoms with Gasteiger partial charge in [0.2, 0.25) is 0 Å². The molecular weight excluding hydrogens is 283 g/mol. The third-order valence-corrected chi connectivity index (χ3v) is 3.12. The predicted octanol–water partition coefficient (Wildman–Crippen LogP) is 3.31. The molecule has 0 fully saturated rings. The molecule has 0 aliphatic rings. The first kappa shape index (κ1) is 15.0. The van der Waals surface area contributed by atoms with E-state index in [0.717, 1.165) is 10.6 Å². The Kier molecular flexibility index (Phi) is 3.97. The Morgan fingerprint density at radius 3 is 2.29 bits per heavy atom. The minimum absolute atomic E-state index is 0.342. The summed E-state index contributed by atoms with van der Waals surface area (Å²) in [6, 6.07) is 8.63. The summed E-state index contributed by atoms with van der Waals surface area (Å²) in [5.41, 5.74) is -1.27. The summed E-state index contributed by atoms with van der Waals surface area (Å²) in [5, 5.41) is 0. The number of Topliss-reactive ketones (excluding diaryl/α,β-unsaturated/α-hetero) is 1. The Morgan fingerprint density at radius 1 is 1.10 bits per heavy atom. The van der Waals surface area contributed by atoms with Crippen molar-refractivity contribution in [2.75, 3.05) is 0 Å². The van der Waals surface area contributed by atoms with E-state index >= 15 is 0 Å². The molecule has 0 bridgehead atoms. The van der Waals surface area contributed by atoms with Crippen LogP contribution in [0.1, 0.15) is 28.9 Å². The van der Waals surface area contributed by atoms with Crippen molar-refractivity contribution in [3.05, 3.63) is 70.1 Å². The van der Waals surface area contributed by atoms with E-state index in [1.165, 1.54) is 6.92 Å². The smallest absolute Gasteiger partial charge is 0.304 e. The van der Waals surface area contributed by atoms with Crippen molar-refractivity contribution < 1.29 is 18.0 Å². The molecule has 0 saturated carbocycles. The maximum atomic E-state index is 12.7. The van der Waals surface area contributed by atoms with Crippen molar-refractivity contribution in [3.63, 3.8) is 0 Å². The van der Waals surface area contributed by atoms with E-state index in [4.69, 9.17) is 0 Å². The van der Waals surface area contributed by atoms with Crippen LogP contribution in [0.15, 0.2) is 53.5 Å². The van der Waals surface area contributed by atoms with Gasteiger partial charge < -0.3 is 4.57 Å². The maximum Gasteiger partial charge on any atom is 0.417 e. The van der Waals surface area contributed by atoms with Crippen LogP contribution < -0.4 is 5.56 Å². The fraction of sp³-hybridized carbons (Fsp3) is 0.200. The number of nitrogens with zero attached hydrogens (tertiary/aromatic N) is 1. The van der Waals surface area contributed by atoms with Gasteiger partial charge in [-0.25, -0.2) is 0 Å². The number of pyridine rings is 1. The Hall–Kier alpha value is -2.37. The summed E-state index contributed by atoms with van der Waals surface area (Å²) < 4.78 is 38.9. The van der Waals surface area contributed by atoms with Crippen LogP contribution in [-0.2, 0) is 6.18 Å². The zero-order chi connectivity index (χ0) is 15.6. The molecule has 0 spiro atoms. The number of ketones is 1. The van der Waals surface area contributed by atoms with E-state index in [1.54, 1.807) is 30.3 Å². The van der Waals surface area contributed by atoms with Gasteiger partial charge in [-0.15, -0.1) is 0 Å². The highest BCUT2D eigenvalue weighted by molar-refractivity contribution is 5.98. The van der Waals surface area contributed by atoms with Gasteiger partial charge in [0, 0.05) is 17.8 Å². The zero-order valence-corrected chi connectivity index (χ0v) is 11.1. The first-order valence-corrected chi connectivity index (χ1v) is 6.19. The van der Waals surface area contributed by atoms with E-state index in [9.17, 15) is 22.8 Å². The Bertz CT molecular complexity index is 705. The summed E-state index contributed by atoms with van der Waals surface area (Å²) in [6.07, 6.45) is -3.89. The quantitative estimate of drug-likeness (QED) is 0.815. The van der Waals surface area contributed by atoms with Gasteiger partial charge in [-0.3, -0.25) is 9.59 Å². The molecule has 0 amide bonds. The molecule has 21 heavy (non-hydrogen) atoms. The van der Waals surface area contributed by atoms with Gasteiger partial charge in [-0.1, -0.05) is 30.3 Å². The lowest BCUT2D eigenvalue weighted by atomic mass is 10.1. The first-order chi connectivity index (χ1) is 9.80. The highest BCUT2D eigenvalue weighted by atomic mass is 19.4. The highest BCUT2D eigenvalue weighted by Crippen LogP contribution is 2.28. The molecular formula is C15H12F3NO2. The molecule has 0 radical (unpaired) electrons. The van der Waals surface area contributed by atoms with Crippen LogP contribution in [0.3, 0.4) is 0 Å². The minimum atomic E-state index is -4.56. The molecule has 1 heterocycles. The lowest BCUT2D eigenvalue weighted by Gasteiger charge is -2.16. The summed E-state index contributed by atoms with van der Waals surface area (Å²) in [4.78, 5) is 23.9. The number of hydrogen-bond donors (Lipinski definition) is 0. The second kappa shape index (κ2) is 5.55. The monoisotopic (exact) mass is 295 g/mol. The molecule has 1 aromatic heterocycles. The molecule has 1 unspecified atom stereocenters. The van der Waals surface area contributed by atoms with Crippen LogP contribution in [0, 0.1) is 0 Å². The van der Waals surface area contributed by atoms with Gasteiger partial charge in [0.25, 0.3) is 5.56 Å². The van der Waals surface area contributed by atoms with Crippen LogP contribution >= 0.6 is 0 Å². The maximum absolute atomic E-state index is 12.7. The third kappa shape index (κ3) is 3.21. The van der Waals surface area contributed by atoms with Gasteiger partial charge in [0.1, 0.15) is 0 Å². The minimum Gasteiger partial charge on any atom is -0.304 e. The number of rotatable bonds is 3. The molecule has 0 N–H and O–H groups in total. The Balaban J connectivity index is 2.42. The molecule has 0 aliphatic heterocycles. The van der Waals surface area contributed by atoms with Gasteiger partial charge in [0.05, 0.1) is 11.6 Å². The normalized spacial score (nSPS) is 13.0. The van der Waals surface area contributed by atoms with Crippen molar-refractivity contribution in [1.29, 1.82) is 0 Å². The fourth-order valence-electron chi connectivity index (χ4n) is 1.94. The summed E-state index contributed by atoms with van der Waals surface area (Å²) in [6.45, 7) is 1.40. The van der Waals surface area contributed by atoms with E-state index in [0.29, 0.717) is 17.8 Å². The SMILES string of the molecule is CC(C(=O)c1ccccc1)n1cc(C(F)(F)F)ccc1=O. The average molecular weight is 295 g/mol. The standard InChI is InChI=1S/C15H12F3NO2/c1-10(14(21)11-5-3-2-4-6-11)19-9-12(15(16,17)18)7-8-13(19)20/h2-10H,1H3. The second-order valence-electron chi connectivity index (χ2n) is 4.57. The number of aromatic nitrogens is 1. The number of alkyl halides is 3. The molecule has 2 aromatic rings. The molecule has 110 valence electrons. The number of hydrogen-bond acceptors (Lipinski definition) is 2. The van der Waals surface area contributed by atoms with Crippen LogP contribution in [0.25, 0.3) is 0 Å². The van der Waals surface area contributed by atoms with Gasteiger partial charge >= 0.3 is 6.18 Å². The lowest BCUT2D eigenvalue weighted by Crippen LogP contribution is -2.28. The number of carbonyl (C=O) groups excluding carboxylic acids is 1. The van der Waals surface area contributed by atoms with Crippen LogP contribution in [0.2, 0.25) is 0 Å². The topological polar surface area (TPSA) is 39.1 Å². The summed E-state index contributed by atoms with van der Waals surface area (Å²) in [7, 11) is 0. The predicted molar refractivity (Wildman–Crippen MR) is 71.2 cm³/mol. The number of carbonyl (C=O) groups is 1. The molecule has 0 aliphatic carbocycles. The van der Waals surface area contributed by atoms with E-state index < -0.39 is 29.1 Å². The van der Waals surface area contributed by atoms with Crippen molar-refractivity contribution in [3.8, 4) is 0 Å². The average Bonchev–Trinajstić information content (AvgIpc) is 2.46. The summed E-state index contributed by atoms with van der Waals surface area (Å²) >= 11 is 0. The van der Waals surface area contributed by atoms with E-state index in [-0.39, 0.29) is 0 Å². The van der Waals surface area contributed by atoms with Crippen LogP contribution in [-0.4, -0.2) is 10.4 Å². The van der Waals surface area contributed by atoms with Crippen molar-refractivity contribution in [2.24, 2.45) is 0 Å². The van der Waals surface area contributed by atoms with E-state index in [2.05, 4.69) is 0 Å². The molecule has 6 heteroatoms. The molecule has 3 nitrogen and oxygen atoms in total. The number of halogens is 3. The third-order valence-electron chi connectivity index (χ3n) is 3.12. The van der Waals surface area contributed by atoms with Gasteiger partial charge in [-0.05, 0) is 13.0 Å². The van der Waals surface area contributed by atoms with Crippen molar-refractivity contribution in [2.45, 2.75) is 19.1 Å². The fourth-order valence-corrected chi connectivity index (χ4v) is 1.94. The first-order valence-electron chi connectivity index (χ1n) is 6.19. The highest BCUT2D eigenvalue weighted by Gasteiger charge is 2.32. The molecule has 2 rings (SSSR count). The zero-order valence-electron chi connectivity index (χ0n) is 11.1. The van der Waals surface area contributed by atoms with Crippen LogP contribution in [0.4, 0.5) is 13.2 Å². The summed E-state index contributed by atoms with van der Waals surface area (Å²) in [5.74, 6) is -0.419. The second-order valence-corrected chi connectivity index (χ2v) is 4.57. The molecule has 0 saturated heterocycles. The van der Waals surface area contributed by atoms with Crippen molar-refractivity contribution >= 4 is 5.78 Å². The molecule has 1 atom stereocenters. The Morgan fingerprint density at radius 2 is 1.71 bits per heavy atom. The Labute approximate surface area is 118 Å². The molecule has 1 aromatic carbocycles. The van der Waals surface area contributed by atoms with Crippen molar-refractivity contribution in [1.82, 2.24) is 4.57 Å². The largest absolute Gasteiger partial charge is 0.417 e. The van der Waals surface area contributed by atoms with E-state index in [1.807, 2.05) is 0 Å². The lowest BCUT2D eigenvalue weighted by molar-refractivity contribution is -0.138. The van der Waals surface area contributed by atoms with Gasteiger partial charge in [-0.2, -0.15) is 13.2 Å². The van der Waals surface area contributed by atoms with Gasteiger partial charge in [0.15, 0.2) is 5.78 Å².